The zero-order chi connectivity index (χ0) is 21.4. The van der Waals surface area contributed by atoms with E-state index in [0.717, 1.165) is 52.0 Å². The number of methoxy groups -OCH3 is 1. The third-order valence-corrected chi connectivity index (χ3v) is 7.65. The van der Waals surface area contributed by atoms with Crippen molar-refractivity contribution in [3.05, 3.63) is 35.6 Å². The first kappa shape index (κ1) is 21.2. The maximum absolute atomic E-state index is 14.1. The number of carbonyl (C=O) groups is 2. The van der Waals surface area contributed by atoms with Crippen molar-refractivity contribution in [3.63, 3.8) is 0 Å². The molecule has 1 aromatic carbocycles. The molecule has 3 fully saturated rings. The van der Waals surface area contributed by atoms with E-state index >= 15 is 0 Å². The summed E-state index contributed by atoms with van der Waals surface area (Å²) in [7, 11) is 1.70. The Morgan fingerprint density at radius 1 is 1.13 bits per heavy atom. The number of benzene rings is 1. The molecule has 4 rings (SSSR count). The highest BCUT2D eigenvalue weighted by Crippen LogP contribution is 2.57. The predicted molar refractivity (Wildman–Crippen MR) is 112 cm³/mol. The summed E-state index contributed by atoms with van der Waals surface area (Å²) in [6, 6.07) is 6.16. The van der Waals surface area contributed by atoms with Crippen LogP contribution in [0.2, 0.25) is 0 Å². The van der Waals surface area contributed by atoms with E-state index in [0.29, 0.717) is 19.7 Å². The molecule has 3 saturated heterocycles. The number of nitrogens with zero attached hydrogens (tertiary/aromatic N) is 3. The molecule has 0 aromatic heterocycles. The monoisotopic (exact) mass is 417 g/mol. The number of carbonyl (C=O) groups excluding carboxylic acids is 2. The summed E-state index contributed by atoms with van der Waals surface area (Å²) in [5.74, 6) is -0.451. The summed E-state index contributed by atoms with van der Waals surface area (Å²) in [6.45, 7) is 7.82. The molecule has 0 unspecified atom stereocenters. The first-order valence-corrected chi connectivity index (χ1v) is 11.0. The number of hydrogen-bond donors (Lipinski definition) is 0. The van der Waals surface area contributed by atoms with Crippen LogP contribution in [0, 0.1) is 16.6 Å². The van der Waals surface area contributed by atoms with Crippen molar-refractivity contribution in [1.82, 2.24) is 14.7 Å². The van der Waals surface area contributed by atoms with Crippen molar-refractivity contribution in [3.8, 4) is 0 Å². The minimum Gasteiger partial charge on any atom is -0.383 e. The molecule has 7 heteroatoms. The Morgan fingerprint density at radius 2 is 1.87 bits per heavy atom. The second-order valence-corrected chi connectivity index (χ2v) is 8.97. The van der Waals surface area contributed by atoms with Crippen molar-refractivity contribution in [2.75, 3.05) is 59.5 Å². The van der Waals surface area contributed by atoms with Gasteiger partial charge in [0.05, 0.1) is 17.6 Å². The first-order chi connectivity index (χ1) is 14.5. The Balaban J connectivity index is 1.54. The zero-order valence-corrected chi connectivity index (χ0v) is 18.0. The molecule has 3 aliphatic heterocycles. The summed E-state index contributed by atoms with van der Waals surface area (Å²) >= 11 is 0. The highest BCUT2D eigenvalue weighted by atomic mass is 19.1. The number of halogens is 1. The number of fused-ring (bicyclic) bond motifs is 1. The number of amides is 2. The van der Waals surface area contributed by atoms with E-state index in [1.807, 2.05) is 11.8 Å². The van der Waals surface area contributed by atoms with Gasteiger partial charge in [0, 0.05) is 58.3 Å². The molecule has 1 aromatic rings. The molecule has 164 valence electrons. The molecule has 0 N–H and O–H groups in total. The summed E-state index contributed by atoms with van der Waals surface area (Å²) < 4.78 is 19.4. The van der Waals surface area contributed by atoms with Gasteiger partial charge in [-0.05, 0) is 38.3 Å². The predicted octanol–water partition coefficient (Wildman–Crippen LogP) is 2.25. The SMILES string of the molecule is CCN1CC[C@]2(CN(CCOC)CC23CCN(C(=O)c2ccccc2F)CC3)C1=O. The average molecular weight is 418 g/mol. The lowest BCUT2D eigenvalue weighted by Gasteiger charge is -2.47. The van der Waals surface area contributed by atoms with Crippen LogP contribution >= 0.6 is 0 Å². The van der Waals surface area contributed by atoms with Gasteiger partial charge in [-0.3, -0.25) is 14.5 Å². The number of ether oxygens (including phenoxy) is 1. The standard InChI is InChI=1S/C23H32FN3O3/c1-3-26-13-10-23(21(26)29)17-25(14-15-30-2)16-22(23)8-11-27(12-9-22)20(28)18-6-4-5-7-19(18)24/h4-7H,3,8-17H2,1-2H3/t23-/m0/s1. The number of rotatable bonds is 5. The Morgan fingerprint density at radius 3 is 2.50 bits per heavy atom. The van der Waals surface area contributed by atoms with Gasteiger partial charge in [-0.1, -0.05) is 12.1 Å². The third kappa shape index (κ3) is 3.32. The summed E-state index contributed by atoms with van der Waals surface area (Å²) in [4.78, 5) is 32.5. The lowest BCUT2D eigenvalue weighted by molar-refractivity contribution is -0.141. The Labute approximate surface area is 177 Å². The van der Waals surface area contributed by atoms with Crippen LogP contribution in [-0.4, -0.2) is 86.0 Å². The second-order valence-electron chi connectivity index (χ2n) is 8.97. The molecule has 2 spiro atoms. The Kier molecular flexibility index (Phi) is 5.86. The quantitative estimate of drug-likeness (QED) is 0.738. The van der Waals surface area contributed by atoms with Gasteiger partial charge in [0.15, 0.2) is 0 Å². The first-order valence-electron chi connectivity index (χ1n) is 11.0. The van der Waals surface area contributed by atoms with Gasteiger partial charge in [-0.15, -0.1) is 0 Å². The average Bonchev–Trinajstić information content (AvgIpc) is 3.24. The van der Waals surface area contributed by atoms with Crippen LogP contribution in [0.1, 0.15) is 36.5 Å². The highest BCUT2D eigenvalue weighted by Gasteiger charge is 2.64. The smallest absolute Gasteiger partial charge is 0.256 e. The van der Waals surface area contributed by atoms with Crippen LogP contribution in [0.3, 0.4) is 0 Å². The molecule has 30 heavy (non-hydrogen) atoms. The lowest BCUT2D eigenvalue weighted by atomic mass is 9.60. The molecule has 0 aliphatic carbocycles. The highest BCUT2D eigenvalue weighted by molar-refractivity contribution is 5.94. The van der Waals surface area contributed by atoms with E-state index in [2.05, 4.69) is 4.90 Å². The molecule has 6 nitrogen and oxygen atoms in total. The largest absolute Gasteiger partial charge is 0.383 e. The van der Waals surface area contributed by atoms with E-state index in [9.17, 15) is 14.0 Å². The van der Waals surface area contributed by atoms with Crippen molar-refractivity contribution >= 4 is 11.8 Å². The molecular weight excluding hydrogens is 385 g/mol. The van der Waals surface area contributed by atoms with Crippen LogP contribution in [0.5, 0.6) is 0 Å². The van der Waals surface area contributed by atoms with Crippen LogP contribution in [0.4, 0.5) is 4.39 Å². The number of hydrogen-bond acceptors (Lipinski definition) is 4. The molecule has 3 aliphatic rings. The fourth-order valence-corrected chi connectivity index (χ4v) is 5.92. The van der Waals surface area contributed by atoms with Crippen molar-refractivity contribution < 1.29 is 18.7 Å². The molecule has 1 atom stereocenters. The molecular formula is C23H32FN3O3. The fourth-order valence-electron chi connectivity index (χ4n) is 5.92. The van der Waals surface area contributed by atoms with Gasteiger partial charge >= 0.3 is 0 Å². The minimum atomic E-state index is -0.476. The molecule has 0 radical (unpaired) electrons. The van der Waals surface area contributed by atoms with Gasteiger partial charge in [0.25, 0.3) is 5.91 Å². The molecule has 3 heterocycles. The molecule has 0 bridgehead atoms. The topological polar surface area (TPSA) is 53.1 Å². The lowest BCUT2D eigenvalue weighted by Crippen LogP contribution is -2.53. The van der Waals surface area contributed by atoms with Crippen molar-refractivity contribution in [2.45, 2.75) is 26.2 Å². The third-order valence-electron chi connectivity index (χ3n) is 7.65. The van der Waals surface area contributed by atoms with Gasteiger partial charge in [0.2, 0.25) is 5.91 Å². The maximum atomic E-state index is 14.1. The maximum Gasteiger partial charge on any atom is 0.256 e. The van der Waals surface area contributed by atoms with Gasteiger partial charge in [0.1, 0.15) is 5.82 Å². The van der Waals surface area contributed by atoms with Crippen LogP contribution < -0.4 is 0 Å². The summed E-state index contributed by atoms with van der Waals surface area (Å²) in [5.41, 5.74) is -0.372. The number of likely N-dealkylation sites (tertiary alicyclic amines) is 3. The van der Waals surface area contributed by atoms with Gasteiger partial charge < -0.3 is 14.5 Å². The normalized spacial score (nSPS) is 26.3. The Hall–Kier alpha value is -1.99. The van der Waals surface area contributed by atoms with Crippen molar-refractivity contribution in [1.29, 1.82) is 0 Å². The van der Waals surface area contributed by atoms with E-state index in [-0.39, 0.29) is 28.2 Å². The molecule has 0 saturated carbocycles. The summed E-state index contributed by atoms with van der Waals surface area (Å²) in [5, 5.41) is 0. The van der Waals surface area contributed by atoms with Gasteiger partial charge in [-0.2, -0.15) is 0 Å². The molecule has 2 amide bonds. The summed E-state index contributed by atoms with van der Waals surface area (Å²) in [6.07, 6.45) is 2.43. The minimum absolute atomic E-state index is 0.130. The fraction of sp³-hybridized carbons (Fsp3) is 0.652. The van der Waals surface area contributed by atoms with Crippen LogP contribution in [0.25, 0.3) is 0 Å². The van der Waals surface area contributed by atoms with Crippen LogP contribution in [-0.2, 0) is 9.53 Å². The van der Waals surface area contributed by atoms with E-state index in [1.165, 1.54) is 6.07 Å². The second kappa shape index (κ2) is 8.27. The van der Waals surface area contributed by atoms with Gasteiger partial charge in [-0.25, -0.2) is 4.39 Å². The van der Waals surface area contributed by atoms with E-state index in [1.54, 1.807) is 30.2 Å². The van der Waals surface area contributed by atoms with Crippen LogP contribution in [0.15, 0.2) is 24.3 Å². The van der Waals surface area contributed by atoms with Crippen molar-refractivity contribution in [2.24, 2.45) is 10.8 Å². The Bertz CT molecular complexity index is 809. The zero-order valence-electron chi connectivity index (χ0n) is 18.0. The van der Waals surface area contributed by atoms with E-state index < -0.39 is 5.82 Å². The number of piperidine rings is 1. The van der Waals surface area contributed by atoms with E-state index in [4.69, 9.17) is 4.74 Å².